The van der Waals surface area contributed by atoms with Crippen LogP contribution < -0.4 is 5.73 Å². The molecule has 134 valence electrons. The second kappa shape index (κ2) is 8.01. The van der Waals surface area contributed by atoms with E-state index in [0.717, 1.165) is 7.11 Å². The Morgan fingerprint density at radius 2 is 1.88 bits per heavy atom. The number of ether oxygens (including phenoxy) is 2. The molecule has 0 fully saturated rings. The summed E-state index contributed by atoms with van der Waals surface area (Å²) in [5.41, 5.74) is 4.60. The van der Waals surface area contributed by atoms with Crippen LogP contribution in [0.25, 0.3) is 0 Å². The Morgan fingerprint density at radius 3 is 2.33 bits per heavy atom. The van der Waals surface area contributed by atoms with Gasteiger partial charge in [-0.2, -0.15) is 0 Å². The van der Waals surface area contributed by atoms with Gasteiger partial charge < -0.3 is 19.7 Å². The van der Waals surface area contributed by atoms with Gasteiger partial charge in [-0.3, -0.25) is 10.5 Å². The van der Waals surface area contributed by atoms with E-state index in [9.17, 15) is 19.8 Å². The van der Waals surface area contributed by atoms with Gasteiger partial charge in [0.05, 0.1) is 13.0 Å². The molecule has 0 aromatic heterocycles. The van der Waals surface area contributed by atoms with E-state index in [-0.39, 0.29) is 11.5 Å². The molecule has 4 N–H and O–H groups in total. The number of carbonyl (C=O) groups is 2. The Balaban J connectivity index is 3.38. The minimum atomic E-state index is -2.03. The molecule has 2 atom stereocenters. The highest BCUT2D eigenvalue weighted by Gasteiger charge is 2.48. The second-order valence-corrected chi connectivity index (χ2v) is 5.95. The van der Waals surface area contributed by atoms with Gasteiger partial charge in [-0.15, -0.1) is 0 Å². The van der Waals surface area contributed by atoms with Crippen molar-refractivity contribution in [2.45, 2.75) is 45.3 Å². The fourth-order valence-corrected chi connectivity index (χ4v) is 2.37. The van der Waals surface area contributed by atoms with Gasteiger partial charge in [-0.1, -0.05) is 33.3 Å². The average molecular weight is 339 g/mol. The zero-order chi connectivity index (χ0) is 18.5. The molecule has 0 aliphatic carbocycles. The Kier molecular flexibility index (Phi) is 6.60. The number of esters is 2. The van der Waals surface area contributed by atoms with Crippen LogP contribution in [0.4, 0.5) is 0 Å². The predicted octanol–water partition coefficient (Wildman–Crippen LogP) is 2.01. The van der Waals surface area contributed by atoms with Crippen LogP contribution in [0.5, 0.6) is 11.5 Å². The van der Waals surface area contributed by atoms with Gasteiger partial charge in [0.15, 0.2) is 11.5 Å². The van der Waals surface area contributed by atoms with Gasteiger partial charge in [0.1, 0.15) is 0 Å². The fourth-order valence-electron chi connectivity index (χ4n) is 2.37. The average Bonchev–Trinajstić information content (AvgIpc) is 2.54. The quantitative estimate of drug-likeness (QED) is 0.395. The molecule has 0 saturated heterocycles. The van der Waals surface area contributed by atoms with Crippen LogP contribution >= 0.6 is 0 Å². The first kappa shape index (κ1) is 19.8. The van der Waals surface area contributed by atoms with E-state index in [0.29, 0.717) is 18.4 Å². The van der Waals surface area contributed by atoms with Crippen molar-refractivity contribution in [1.82, 2.24) is 0 Å². The van der Waals surface area contributed by atoms with Crippen LogP contribution in [0, 0.1) is 5.92 Å². The Labute approximate surface area is 141 Å². The van der Waals surface area contributed by atoms with Crippen molar-refractivity contribution in [3.05, 3.63) is 23.8 Å². The molecular weight excluding hydrogens is 314 g/mol. The summed E-state index contributed by atoms with van der Waals surface area (Å²) in [6.07, 6.45) is 1.04. The van der Waals surface area contributed by atoms with Crippen molar-refractivity contribution in [3.63, 3.8) is 0 Å². The smallest absolute Gasteiger partial charge is 0.366 e. The summed E-state index contributed by atoms with van der Waals surface area (Å²) in [6, 6.07) is 4.10. The van der Waals surface area contributed by atoms with Crippen molar-refractivity contribution < 1.29 is 29.3 Å². The van der Waals surface area contributed by atoms with E-state index in [1.54, 1.807) is 13.8 Å². The Morgan fingerprint density at radius 1 is 1.25 bits per heavy atom. The standard InChI is InChI=1S/C17H25NO6/c1-5-6-12(11-7-8-13(19)14(20)9-11)17(18,16(22)23-4)24-15(21)10(2)3/h7-10,12,19-20H,5-6,18H2,1-4H3/t12?,17-/m0/s1. The number of aromatic hydroxyl groups is 2. The van der Waals surface area contributed by atoms with Crippen LogP contribution in [0.2, 0.25) is 0 Å². The van der Waals surface area contributed by atoms with E-state index in [2.05, 4.69) is 0 Å². The minimum absolute atomic E-state index is 0.297. The first-order chi connectivity index (χ1) is 11.2. The number of nitrogens with two attached hydrogens (primary N) is 1. The summed E-state index contributed by atoms with van der Waals surface area (Å²) >= 11 is 0. The van der Waals surface area contributed by atoms with E-state index in [1.807, 2.05) is 6.92 Å². The van der Waals surface area contributed by atoms with Gasteiger partial charge in [-0.25, -0.2) is 4.79 Å². The monoisotopic (exact) mass is 339 g/mol. The van der Waals surface area contributed by atoms with E-state index >= 15 is 0 Å². The van der Waals surface area contributed by atoms with Crippen molar-refractivity contribution in [2.75, 3.05) is 7.11 Å². The van der Waals surface area contributed by atoms with Gasteiger partial charge in [0.25, 0.3) is 5.72 Å². The summed E-state index contributed by atoms with van der Waals surface area (Å²) in [4.78, 5) is 24.3. The van der Waals surface area contributed by atoms with E-state index < -0.39 is 29.5 Å². The molecule has 0 radical (unpaired) electrons. The summed E-state index contributed by atoms with van der Waals surface area (Å²) < 4.78 is 10.1. The minimum Gasteiger partial charge on any atom is -0.504 e. The van der Waals surface area contributed by atoms with Crippen LogP contribution in [0.3, 0.4) is 0 Å². The maximum Gasteiger partial charge on any atom is 0.366 e. The maximum absolute atomic E-state index is 12.3. The lowest BCUT2D eigenvalue weighted by atomic mass is 9.84. The molecule has 0 aliphatic rings. The Hall–Kier alpha value is -2.28. The third-order valence-corrected chi connectivity index (χ3v) is 3.74. The SMILES string of the molecule is CCCC(c1ccc(O)c(O)c1)[C@](N)(OC(=O)C(C)C)C(=O)OC. The Bertz CT molecular complexity index is 601. The van der Waals surface area contributed by atoms with Crippen LogP contribution in [0.1, 0.15) is 45.1 Å². The molecule has 0 aliphatic heterocycles. The highest BCUT2D eigenvalue weighted by atomic mass is 16.6. The highest BCUT2D eigenvalue weighted by molar-refractivity contribution is 5.84. The highest BCUT2D eigenvalue weighted by Crippen LogP contribution is 2.37. The zero-order valence-corrected chi connectivity index (χ0v) is 14.4. The molecule has 24 heavy (non-hydrogen) atoms. The molecule has 0 spiro atoms. The lowest BCUT2D eigenvalue weighted by Crippen LogP contribution is -2.57. The van der Waals surface area contributed by atoms with Gasteiger partial charge in [0.2, 0.25) is 0 Å². The molecule has 1 unspecified atom stereocenters. The fraction of sp³-hybridized carbons (Fsp3) is 0.529. The number of benzene rings is 1. The number of hydrogen-bond donors (Lipinski definition) is 3. The third-order valence-electron chi connectivity index (χ3n) is 3.74. The number of rotatable bonds is 7. The van der Waals surface area contributed by atoms with Crippen molar-refractivity contribution >= 4 is 11.9 Å². The first-order valence-corrected chi connectivity index (χ1v) is 7.79. The molecule has 0 heterocycles. The lowest BCUT2D eigenvalue weighted by Gasteiger charge is -2.35. The van der Waals surface area contributed by atoms with Crippen molar-refractivity contribution in [2.24, 2.45) is 11.7 Å². The normalized spacial score (nSPS) is 14.8. The molecule has 1 rings (SSSR count). The summed E-state index contributed by atoms with van der Waals surface area (Å²) in [6.45, 7) is 5.14. The number of phenols is 2. The summed E-state index contributed by atoms with van der Waals surface area (Å²) in [7, 11) is 1.16. The molecule has 0 bridgehead atoms. The molecule has 1 aromatic carbocycles. The van der Waals surface area contributed by atoms with Crippen molar-refractivity contribution in [3.8, 4) is 11.5 Å². The molecular formula is C17H25NO6. The number of carbonyl (C=O) groups excluding carboxylic acids is 2. The van der Waals surface area contributed by atoms with Crippen molar-refractivity contribution in [1.29, 1.82) is 0 Å². The van der Waals surface area contributed by atoms with E-state index in [1.165, 1.54) is 18.2 Å². The summed E-state index contributed by atoms with van der Waals surface area (Å²) in [5, 5.41) is 19.2. The van der Waals surface area contributed by atoms with Crippen LogP contribution in [-0.4, -0.2) is 35.0 Å². The predicted molar refractivity (Wildman–Crippen MR) is 87.3 cm³/mol. The van der Waals surface area contributed by atoms with Gasteiger partial charge in [-0.05, 0) is 24.1 Å². The van der Waals surface area contributed by atoms with Gasteiger partial charge >= 0.3 is 11.9 Å². The van der Waals surface area contributed by atoms with Gasteiger partial charge in [0, 0.05) is 5.92 Å². The van der Waals surface area contributed by atoms with Crippen LogP contribution in [0.15, 0.2) is 18.2 Å². The number of phenolic OH excluding ortho intramolecular Hbond substituents is 2. The third kappa shape index (κ3) is 4.17. The second-order valence-electron chi connectivity index (χ2n) is 5.95. The molecule has 7 heteroatoms. The number of methoxy groups -OCH3 is 1. The summed E-state index contributed by atoms with van der Waals surface area (Å²) in [5.74, 6) is -3.39. The molecule has 7 nitrogen and oxygen atoms in total. The molecule has 1 aromatic rings. The zero-order valence-electron chi connectivity index (χ0n) is 14.4. The lowest BCUT2D eigenvalue weighted by molar-refractivity contribution is -0.186. The first-order valence-electron chi connectivity index (χ1n) is 7.79. The number of hydrogen-bond acceptors (Lipinski definition) is 7. The largest absolute Gasteiger partial charge is 0.504 e. The molecule has 0 amide bonds. The van der Waals surface area contributed by atoms with Crippen LogP contribution in [-0.2, 0) is 19.1 Å². The molecule has 0 saturated carbocycles. The van der Waals surface area contributed by atoms with E-state index in [4.69, 9.17) is 15.2 Å². The maximum atomic E-state index is 12.3. The topological polar surface area (TPSA) is 119 Å².